The van der Waals surface area contributed by atoms with Crippen molar-refractivity contribution in [1.82, 2.24) is 0 Å². The van der Waals surface area contributed by atoms with E-state index in [9.17, 15) is 18.3 Å². The highest BCUT2D eigenvalue weighted by Crippen LogP contribution is 2.78. The normalized spacial score (nSPS) is 13.4. The molecule has 43 heavy (non-hydrogen) atoms. The summed E-state index contributed by atoms with van der Waals surface area (Å²) in [6, 6.07) is 0. The molecule has 0 N–H and O–H groups in total. The van der Waals surface area contributed by atoms with Gasteiger partial charge in [-0.3, -0.25) is 18.3 Å². The average molecular weight is 701 g/mol. The highest BCUT2D eigenvalue weighted by atomic mass is 31.2. The van der Waals surface area contributed by atoms with Crippen LogP contribution in [0.5, 0.6) is 0 Å². The van der Waals surface area contributed by atoms with Gasteiger partial charge in [-0.25, -0.2) is 0 Å². The molecule has 16 heteroatoms. The Hall–Kier alpha value is 0.600. The van der Waals surface area contributed by atoms with Crippen molar-refractivity contribution < 1.29 is 54.5 Å². The highest BCUT2D eigenvalue weighted by Gasteiger charge is 2.59. The van der Waals surface area contributed by atoms with Gasteiger partial charge in [0.1, 0.15) is 0 Å². The second-order valence-electron chi connectivity index (χ2n) is 10.0. The van der Waals surface area contributed by atoms with E-state index in [0.29, 0.717) is 51.4 Å². The minimum atomic E-state index is -4.34. The van der Waals surface area contributed by atoms with Gasteiger partial charge in [0.15, 0.2) is 10.8 Å². The fraction of sp³-hybridized carbons (Fsp3) is 1.00. The zero-order valence-corrected chi connectivity index (χ0v) is 31.4. The molecule has 260 valence electrons. The summed E-state index contributed by atoms with van der Waals surface area (Å²) in [7, 11) is -17.4. The molecule has 0 fully saturated rings. The van der Waals surface area contributed by atoms with E-state index in [0.717, 1.165) is 0 Å². The van der Waals surface area contributed by atoms with Crippen LogP contribution in [-0.2, 0) is 54.5 Å². The maximum atomic E-state index is 14.7. The molecule has 0 aromatic rings. The van der Waals surface area contributed by atoms with E-state index in [1.54, 1.807) is 0 Å². The maximum Gasteiger partial charge on any atom is 0.345 e. The lowest BCUT2D eigenvalue weighted by Gasteiger charge is -2.37. The van der Waals surface area contributed by atoms with Crippen molar-refractivity contribution in [3.05, 3.63) is 0 Å². The first kappa shape index (κ1) is 43.6. The van der Waals surface area contributed by atoms with Crippen LogP contribution in [0, 0.1) is 0 Å². The Morgan fingerprint density at radius 2 is 0.465 bits per heavy atom. The third-order valence-electron chi connectivity index (χ3n) is 5.68. The van der Waals surface area contributed by atoms with Gasteiger partial charge in [0.25, 0.3) is 0 Å². The lowest BCUT2D eigenvalue weighted by atomic mass is 10.5. The van der Waals surface area contributed by atoms with E-state index in [2.05, 4.69) is 0 Å². The first-order valence-corrected chi connectivity index (χ1v) is 22.5. The van der Waals surface area contributed by atoms with Gasteiger partial charge < -0.3 is 36.2 Å². The number of hydrogen-bond donors (Lipinski definition) is 0. The molecule has 0 aliphatic rings. The standard InChI is InChI=1S/C27H60O12P4/c1-9-17-32-40(28,33-18-10-2)26(41(29,34-19-11-3)35-20-12-4)25-27(42(30,36-21-13-5)37-22-14-6)43(31,38-23-15-7)39-24-16-8/h26-27H,9-25H2,1-8H3. The SMILES string of the molecule is CCCOP(=O)(OCCC)C(CC(P(=O)(OCCC)OCCC)P(=O)(OCCC)OCCC)P(=O)(OCCC)OCCC. The molecule has 12 nitrogen and oxygen atoms in total. The lowest BCUT2D eigenvalue weighted by Crippen LogP contribution is -2.27. The van der Waals surface area contributed by atoms with Crippen molar-refractivity contribution in [2.45, 2.75) is 124 Å². The number of rotatable bonds is 30. The molecule has 0 saturated heterocycles. The topological polar surface area (TPSA) is 142 Å². The first-order chi connectivity index (χ1) is 20.5. The Kier molecular flexibility index (Phi) is 24.2. The van der Waals surface area contributed by atoms with E-state index in [1.807, 2.05) is 55.4 Å². The summed E-state index contributed by atoms with van der Waals surface area (Å²) in [5.41, 5.74) is 0. The van der Waals surface area contributed by atoms with Crippen LogP contribution in [0.1, 0.15) is 113 Å². The third kappa shape index (κ3) is 14.9. The van der Waals surface area contributed by atoms with Crippen LogP contribution >= 0.6 is 30.4 Å². The van der Waals surface area contributed by atoms with E-state index >= 15 is 0 Å². The van der Waals surface area contributed by atoms with Crippen molar-refractivity contribution in [2.75, 3.05) is 52.9 Å². The fourth-order valence-electron chi connectivity index (χ4n) is 3.64. The van der Waals surface area contributed by atoms with Gasteiger partial charge in [-0.15, -0.1) is 0 Å². The maximum absolute atomic E-state index is 14.7. The zero-order chi connectivity index (χ0) is 32.8. The summed E-state index contributed by atoms with van der Waals surface area (Å²) >= 11 is 0. The molecule has 0 aromatic carbocycles. The van der Waals surface area contributed by atoms with Crippen LogP contribution in [0.15, 0.2) is 0 Å². The van der Waals surface area contributed by atoms with Crippen molar-refractivity contribution in [1.29, 1.82) is 0 Å². The quantitative estimate of drug-likeness (QED) is 0.0658. The molecule has 0 unspecified atom stereocenters. The summed E-state index contributed by atoms with van der Waals surface area (Å²) in [5.74, 6) is 0. The molecule has 0 atom stereocenters. The smallest absolute Gasteiger partial charge is 0.308 e. The summed E-state index contributed by atoms with van der Waals surface area (Å²) < 4.78 is 106. The lowest BCUT2D eigenvalue weighted by molar-refractivity contribution is 0.171. The molecule has 0 bridgehead atoms. The molecule has 0 spiro atoms. The summed E-state index contributed by atoms with van der Waals surface area (Å²) in [5, 5.41) is -3.23. The first-order valence-electron chi connectivity index (χ1n) is 16.0. The summed E-state index contributed by atoms with van der Waals surface area (Å²) in [6.07, 6.45) is 3.33. The molecule has 0 rings (SSSR count). The molecule has 0 aromatic heterocycles. The van der Waals surface area contributed by atoms with Crippen molar-refractivity contribution in [2.24, 2.45) is 0 Å². The van der Waals surface area contributed by atoms with Crippen LogP contribution in [0.25, 0.3) is 0 Å². The van der Waals surface area contributed by atoms with Gasteiger partial charge in [0.05, 0.1) is 52.9 Å². The molecular formula is C27H60O12P4. The molecule has 0 aliphatic carbocycles. The molecule has 0 amide bonds. The van der Waals surface area contributed by atoms with Gasteiger partial charge in [-0.1, -0.05) is 55.4 Å². The van der Waals surface area contributed by atoms with E-state index in [-0.39, 0.29) is 52.9 Å². The highest BCUT2D eigenvalue weighted by molar-refractivity contribution is 7.74. The summed E-state index contributed by atoms with van der Waals surface area (Å²) in [4.78, 5) is 0. The van der Waals surface area contributed by atoms with Crippen molar-refractivity contribution in [3.8, 4) is 0 Å². The number of hydrogen-bond acceptors (Lipinski definition) is 12. The van der Waals surface area contributed by atoms with E-state index in [4.69, 9.17) is 36.2 Å². The van der Waals surface area contributed by atoms with Crippen LogP contribution < -0.4 is 0 Å². The Morgan fingerprint density at radius 1 is 0.326 bits per heavy atom. The van der Waals surface area contributed by atoms with Crippen LogP contribution in [-0.4, -0.2) is 63.7 Å². The second-order valence-corrected chi connectivity index (χ2v) is 19.7. The molecule has 0 saturated carbocycles. The molecular weight excluding hydrogens is 640 g/mol. The van der Waals surface area contributed by atoms with Gasteiger partial charge in [-0.05, 0) is 57.8 Å². The zero-order valence-electron chi connectivity index (χ0n) is 27.9. The van der Waals surface area contributed by atoms with Crippen LogP contribution in [0.3, 0.4) is 0 Å². The van der Waals surface area contributed by atoms with Gasteiger partial charge in [-0.2, -0.15) is 0 Å². The van der Waals surface area contributed by atoms with Crippen LogP contribution in [0.2, 0.25) is 0 Å². The molecule has 0 heterocycles. The van der Waals surface area contributed by atoms with Crippen molar-refractivity contribution >= 4 is 30.4 Å². The van der Waals surface area contributed by atoms with Crippen LogP contribution in [0.4, 0.5) is 0 Å². The Balaban J connectivity index is 7.61. The monoisotopic (exact) mass is 700 g/mol. The van der Waals surface area contributed by atoms with Gasteiger partial charge in [0, 0.05) is 0 Å². The third-order valence-corrected chi connectivity index (χ3v) is 17.2. The summed E-state index contributed by atoms with van der Waals surface area (Å²) in [6.45, 7) is 14.9. The van der Waals surface area contributed by atoms with Gasteiger partial charge in [0.2, 0.25) is 0 Å². The molecule has 0 radical (unpaired) electrons. The fourth-order valence-corrected chi connectivity index (χ4v) is 15.7. The second kappa shape index (κ2) is 23.8. The minimum Gasteiger partial charge on any atom is -0.308 e. The Bertz CT molecular complexity index is 717. The van der Waals surface area contributed by atoms with Gasteiger partial charge >= 0.3 is 30.4 Å². The molecule has 0 aliphatic heterocycles. The van der Waals surface area contributed by atoms with E-state index < -0.39 is 47.6 Å². The predicted molar refractivity (Wildman–Crippen MR) is 173 cm³/mol. The largest absolute Gasteiger partial charge is 0.345 e. The Morgan fingerprint density at radius 3 is 0.581 bits per heavy atom. The predicted octanol–water partition coefficient (Wildman–Crippen LogP) is 10.2. The van der Waals surface area contributed by atoms with E-state index in [1.165, 1.54) is 0 Å². The minimum absolute atomic E-state index is 0.0242. The van der Waals surface area contributed by atoms with Crippen molar-refractivity contribution in [3.63, 3.8) is 0 Å². The average Bonchev–Trinajstić information content (AvgIpc) is 3.00. The Labute approximate surface area is 261 Å².